The summed E-state index contributed by atoms with van der Waals surface area (Å²) < 4.78 is 10.2. The van der Waals surface area contributed by atoms with Gasteiger partial charge in [0.15, 0.2) is 6.61 Å². The van der Waals surface area contributed by atoms with Crippen molar-refractivity contribution < 1.29 is 19.4 Å². The fourth-order valence-electron chi connectivity index (χ4n) is 1.72. The van der Waals surface area contributed by atoms with Gasteiger partial charge in [-0.1, -0.05) is 24.3 Å². The average Bonchev–Trinajstić information content (AvgIpc) is 2.39. The first kappa shape index (κ1) is 12.2. The topological polar surface area (TPSA) is 55.8 Å². The lowest BCUT2D eigenvalue weighted by atomic mass is 10.1. The predicted octanol–water partition coefficient (Wildman–Crippen LogP) is 2.49. The van der Waals surface area contributed by atoms with Gasteiger partial charge in [-0.15, -0.1) is 0 Å². The molecule has 2 aromatic rings. The number of esters is 1. The molecule has 4 nitrogen and oxygen atoms in total. The molecule has 0 aliphatic carbocycles. The number of benzene rings is 2. The highest BCUT2D eigenvalue weighted by atomic mass is 16.6. The van der Waals surface area contributed by atoms with Crippen molar-refractivity contribution in [1.29, 1.82) is 0 Å². The van der Waals surface area contributed by atoms with Crippen LogP contribution in [-0.2, 0) is 9.53 Å². The number of carbonyl (C=O) groups is 1. The molecule has 0 saturated heterocycles. The SMILES string of the molecule is CCOC(=O)COc1ccc(O)c2ccccc12. The van der Waals surface area contributed by atoms with E-state index in [1.165, 1.54) is 0 Å². The standard InChI is InChI=1S/C14H14O4/c1-2-17-14(16)9-18-13-8-7-12(15)10-5-3-4-6-11(10)13/h3-8,15H,2,9H2,1H3. The third-order valence-corrected chi connectivity index (χ3v) is 2.51. The lowest BCUT2D eigenvalue weighted by Crippen LogP contribution is -2.14. The predicted molar refractivity (Wildman–Crippen MR) is 67.7 cm³/mol. The number of hydrogen-bond donors (Lipinski definition) is 1. The van der Waals surface area contributed by atoms with Crippen LogP contribution in [0.4, 0.5) is 0 Å². The Balaban J connectivity index is 2.24. The van der Waals surface area contributed by atoms with Gasteiger partial charge in [-0.2, -0.15) is 0 Å². The van der Waals surface area contributed by atoms with Crippen molar-refractivity contribution in [3.8, 4) is 11.5 Å². The maximum absolute atomic E-state index is 11.2. The Hall–Kier alpha value is -2.23. The van der Waals surface area contributed by atoms with Crippen molar-refractivity contribution in [2.75, 3.05) is 13.2 Å². The summed E-state index contributed by atoms with van der Waals surface area (Å²) in [5.74, 6) is 0.334. The number of ether oxygens (including phenoxy) is 2. The first-order valence-electron chi connectivity index (χ1n) is 5.71. The molecule has 0 aliphatic heterocycles. The molecule has 0 fully saturated rings. The summed E-state index contributed by atoms with van der Waals surface area (Å²) in [6, 6.07) is 10.5. The molecule has 0 radical (unpaired) electrons. The van der Waals surface area contributed by atoms with Crippen LogP contribution in [0.5, 0.6) is 11.5 Å². The number of phenols is 1. The first-order valence-corrected chi connectivity index (χ1v) is 5.71. The normalized spacial score (nSPS) is 10.3. The van der Waals surface area contributed by atoms with Gasteiger partial charge in [-0.3, -0.25) is 0 Å². The van der Waals surface area contributed by atoms with Gasteiger partial charge in [0.2, 0.25) is 0 Å². The summed E-state index contributed by atoms with van der Waals surface area (Å²) in [7, 11) is 0. The zero-order chi connectivity index (χ0) is 13.0. The zero-order valence-corrected chi connectivity index (χ0v) is 10.1. The van der Waals surface area contributed by atoms with E-state index in [9.17, 15) is 9.90 Å². The van der Waals surface area contributed by atoms with Crippen molar-refractivity contribution in [2.45, 2.75) is 6.92 Å². The Morgan fingerprint density at radius 1 is 1.17 bits per heavy atom. The van der Waals surface area contributed by atoms with E-state index in [0.717, 1.165) is 5.39 Å². The van der Waals surface area contributed by atoms with Crippen LogP contribution in [0.15, 0.2) is 36.4 Å². The van der Waals surface area contributed by atoms with E-state index in [0.29, 0.717) is 17.7 Å². The van der Waals surface area contributed by atoms with E-state index in [2.05, 4.69) is 0 Å². The van der Waals surface area contributed by atoms with Crippen LogP contribution in [0, 0.1) is 0 Å². The van der Waals surface area contributed by atoms with Crippen LogP contribution in [0.25, 0.3) is 10.8 Å². The highest BCUT2D eigenvalue weighted by molar-refractivity contribution is 5.93. The fourth-order valence-corrected chi connectivity index (χ4v) is 1.72. The molecule has 18 heavy (non-hydrogen) atoms. The van der Waals surface area contributed by atoms with Crippen LogP contribution in [0.3, 0.4) is 0 Å². The smallest absolute Gasteiger partial charge is 0.344 e. The van der Waals surface area contributed by atoms with Crippen molar-refractivity contribution in [3.05, 3.63) is 36.4 Å². The summed E-state index contributed by atoms with van der Waals surface area (Å²) in [5, 5.41) is 11.2. The van der Waals surface area contributed by atoms with E-state index < -0.39 is 5.97 Å². The first-order chi connectivity index (χ1) is 8.72. The zero-order valence-electron chi connectivity index (χ0n) is 10.1. The maximum Gasteiger partial charge on any atom is 0.344 e. The second-order valence-corrected chi connectivity index (χ2v) is 3.72. The second-order valence-electron chi connectivity index (χ2n) is 3.72. The molecular formula is C14H14O4. The number of hydrogen-bond acceptors (Lipinski definition) is 4. The van der Waals surface area contributed by atoms with E-state index >= 15 is 0 Å². The lowest BCUT2D eigenvalue weighted by molar-refractivity contribution is -0.145. The Bertz CT molecular complexity index is 563. The molecule has 0 aliphatic rings. The molecule has 0 aromatic heterocycles. The van der Waals surface area contributed by atoms with Crippen LogP contribution in [-0.4, -0.2) is 24.3 Å². The van der Waals surface area contributed by atoms with Crippen LogP contribution in [0.2, 0.25) is 0 Å². The van der Waals surface area contributed by atoms with E-state index in [1.807, 2.05) is 18.2 Å². The van der Waals surface area contributed by atoms with Crippen molar-refractivity contribution in [1.82, 2.24) is 0 Å². The lowest BCUT2D eigenvalue weighted by Gasteiger charge is -2.09. The van der Waals surface area contributed by atoms with Gasteiger partial charge >= 0.3 is 5.97 Å². The quantitative estimate of drug-likeness (QED) is 0.842. The third kappa shape index (κ3) is 2.53. The monoisotopic (exact) mass is 246 g/mol. The Labute approximate surface area is 105 Å². The molecule has 0 bridgehead atoms. The summed E-state index contributed by atoms with van der Waals surface area (Å²) in [4.78, 5) is 11.2. The summed E-state index contributed by atoms with van der Waals surface area (Å²) in [5.41, 5.74) is 0. The Morgan fingerprint density at radius 3 is 2.61 bits per heavy atom. The molecular weight excluding hydrogens is 232 g/mol. The summed E-state index contributed by atoms with van der Waals surface area (Å²) >= 11 is 0. The number of carbonyl (C=O) groups excluding carboxylic acids is 1. The van der Waals surface area contributed by atoms with E-state index in [4.69, 9.17) is 9.47 Å². The second kappa shape index (κ2) is 5.40. The largest absolute Gasteiger partial charge is 0.507 e. The molecule has 94 valence electrons. The maximum atomic E-state index is 11.2. The Morgan fingerprint density at radius 2 is 1.89 bits per heavy atom. The molecule has 0 atom stereocenters. The highest BCUT2D eigenvalue weighted by Gasteiger charge is 2.08. The number of fused-ring (bicyclic) bond motifs is 1. The number of rotatable bonds is 4. The fraction of sp³-hybridized carbons (Fsp3) is 0.214. The molecule has 1 N–H and O–H groups in total. The van der Waals surface area contributed by atoms with Crippen LogP contribution < -0.4 is 4.74 Å². The highest BCUT2D eigenvalue weighted by Crippen LogP contribution is 2.31. The third-order valence-electron chi connectivity index (χ3n) is 2.51. The van der Waals surface area contributed by atoms with Gasteiger partial charge in [0.25, 0.3) is 0 Å². The van der Waals surface area contributed by atoms with Crippen molar-refractivity contribution in [2.24, 2.45) is 0 Å². The van der Waals surface area contributed by atoms with Gasteiger partial charge in [0.05, 0.1) is 6.61 Å². The van der Waals surface area contributed by atoms with Crippen LogP contribution >= 0.6 is 0 Å². The molecule has 0 spiro atoms. The minimum atomic E-state index is -0.408. The number of aromatic hydroxyl groups is 1. The summed E-state index contributed by atoms with van der Waals surface area (Å²) in [6.07, 6.45) is 0. The summed E-state index contributed by atoms with van der Waals surface area (Å²) in [6.45, 7) is 1.94. The van der Waals surface area contributed by atoms with Crippen molar-refractivity contribution >= 4 is 16.7 Å². The van der Waals surface area contributed by atoms with E-state index in [1.54, 1.807) is 25.1 Å². The van der Waals surface area contributed by atoms with Gasteiger partial charge < -0.3 is 14.6 Å². The van der Waals surface area contributed by atoms with Gasteiger partial charge in [-0.25, -0.2) is 4.79 Å². The molecule has 0 saturated carbocycles. The molecule has 2 rings (SSSR count). The molecule has 0 heterocycles. The minimum Gasteiger partial charge on any atom is -0.507 e. The minimum absolute atomic E-state index is 0.136. The Kier molecular flexibility index (Phi) is 3.67. The number of phenolic OH excluding ortho intramolecular Hbond substituents is 1. The molecule has 0 unspecified atom stereocenters. The molecule has 2 aromatic carbocycles. The molecule has 0 amide bonds. The van der Waals surface area contributed by atoms with Crippen LogP contribution in [0.1, 0.15) is 6.92 Å². The van der Waals surface area contributed by atoms with Gasteiger partial charge in [0, 0.05) is 10.8 Å². The average molecular weight is 246 g/mol. The van der Waals surface area contributed by atoms with Gasteiger partial charge in [0.1, 0.15) is 11.5 Å². The van der Waals surface area contributed by atoms with Crippen molar-refractivity contribution in [3.63, 3.8) is 0 Å². The van der Waals surface area contributed by atoms with E-state index in [-0.39, 0.29) is 12.4 Å². The molecule has 4 heteroatoms. The van der Waals surface area contributed by atoms with Gasteiger partial charge in [-0.05, 0) is 19.1 Å².